The van der Waals surface area contributed by atoms with Crippen LogP contribution in [-0.4, -0.2) is 25.8 Å². The van der Waals surface area contributed by atoms with Gasteiger partial charge in [0.2, 0.25) is 0 Å². The van der Waals surface area contributed by atoms with Crippen LogP contribution in [0.1, 0.15) is 11.5 Å². The fraction of sp³-hybridized carbons (Fsp3) is 0.368. The van der Waals surface area contributed by atoms with Gasteiger partial charge < -0.3 is 10.3 Å². The zero-order valence-corrected chi connectivity index (χ0v) is 15.6. The lowest BCUT2D eigenvalue weighted by Crippen LogP contribution is -3.10. The molecule has 1 saturated carbocycles. The van der Waals surface area contributed by atoms with Crippen molar-refractivity contribution in [3.05, 3.63) is 45.7 Å². The molecule has 1 aromatic carbocycles. The standard InChI is InChI=1S/C19H15BrFN5/c1-26-5-4-12-13(7-22)18(25)19(9-23,10-24)17(14(12)8-26)11-2-3-16(21)15(20)6-11/h2-4,6,13-14,17,25H,5,8H2,1H3/p+1/t13?,14-,17-/m0/s1. The molecule has 0 amide bonds. The van der Waals surface area contributed by atoms with Crippen LogP contribution in [-0.2, 0) is 0 Å². The second kappa shape index (κ2) is 6.65. The summed E-state index contributed by atoms with van der Waals surface area (Å²) in [6.45, 7) is 1.37. The Morgan fingerprint density at radius 3 is 2.58 bits per heavy atom. The lowest BCUT2D eigenvalue weighted by Gasteiger charge is -2.46. The van der Waals surface area contributed by atoms with E-state index in [4.69, 9.17) is 5.41 Å². The van der Waals surface area contributed by atoms with E-state index >= 15 is 0 Å². The number of benzene rings is 1. The van der Waals surface area contributed by atoms with Crippen molar-refractivity contribution in [3.8, 4) is 18.2 Å². The number of quaternary nitrogens is 1. The summed E-state index contributed by atoms with van der Waals surface area (Å²) < 4.78 is 14.0. The minimum atomic E-state index is -1.75. The highest BCUT2D eigenvalue weighted by Crippen LogP contribution is 2.52. The molecule has 1 aliphatic heterocycles. The van der Waals surface area contributed by atoms with Gasteiger partial charge in [-0.05, 0) is 45.3 Å². The average molecular weight is 413 g/mol. The van der Waals surface area contributed by atoms with Crippen molar-refractivity contribution < 1.29 is 9.29 Å². The maximum atomic E-state index is 13.7. The van der Waals surface area contributed by atoms with Crippen LogP contribution < -0.4 is 4.90 Å². The van der Waals surface area contributed by atoms with Crippen molar-refractivity contribution >= 4 is 21.6 Å². The third-order valence-electron chi connectivity index (χ3n) is 5.38. The smallest absolute Gasteiger partial charge is 0.189 e. The van der Waals surface area contributed by atoms with Crippen LogP contribution in [0.15, 0.2) is 34.3 Å². The maximum Gasteiger partial charge on any atom is 0.189 e. The fourth-order valence-electron chi connectivity index (χ4n) is 4.14. The van der Waals surface area contributed by atoms with E-state index in [2.05, 4.69) is 22.0 Å². The Morgan fingerprint density at radius 1 is 1.31 bits per heavy atom. The number of fused-ring (bicyclic) bond motifs is 1. The summed E-state index contributed by atoms with van der Waals surface area (Å²) >= 11 is 3.17. The van der Waals surface area contributed by atoms with Gasteiger partial charge in [-0.3, -0.25) is 0 Å². The van der Waals surface area contributed by atoms with Gasteiger partial charge in [-0.15, -0.1) is 0 Å². The summed E-state index contributed by atoms with van der Waals surface area (Å²) in [6, 6.07) is 10.6. The summed E-state index contributed by atoms with van der Waals surface area (Å²) in [5.41, 5.74) is -0.516. The number of nitriles is 3. The molecule has 2 N–H and O–H groups in total. The van der Waals surface area contributed by atoms with Crippen LogP contribution in [0.3, 0.4) is 0 Å². The molecule has 1 fully saturated rings. The normalized spacial score (nSPS) is 29.5. The third-order valence-corrected chi connectivity index (χ3v) is 5.99. The lowest BCUT2D eigenvalue weighted by atomic mass is 9.54. The van der Waals surface area contributed by atoms with E-state index in [9.17, 15) is 20.2 Å². The van der Waals surface area contributed by atoms with Crippen LogP contribution in [0.5, 0.6) is 0 Å². The number of nitrogens with zero attached hydrogens (tertiary/aromatic N) is 3. The zero-order valence-electron chi connectivity index (χ0n) is 14.1. The van der Waals surface area contributed by atoms with E-state index in [1.807, 2.05) is 25.3 Å². The molecule has 0 saturated heterocycles. The molecule has 4 atom stereocenters. The first-order valence-corrected chi connectivity index (χ1v) is 8.96. The highest BCUT2D eigenvalue weighted by Gasteiger charge is 2.58. The summed E-state index contributed by atoms with van der Waals surface area (Å²) in [6.07, 6.45) is 1.95. The lowest BCUT2D eigenvalue weighted by molar-refractivity contribution is -0.878. The maximum absolute atomic E-state index is 13.7. The van der Waals surface area contributed by atoms with E-state index in [-0.39, 0.29) is 16.1 Å². The molecule has 1 aromatic rings. The molecule has 5 nitrogen and oxygen atoms in total. The van der Waals surface area contributed by atoms with E-state index in [1.165, 1.54) is 11.0 Å². The number of hydrogen-bond donors (Lipinski definition) is 2. The SMILES string of the molecule is C[NH+]1CC=C2C(C#N)C(=N)C(C#N)(C#N)[C@@H](c3ccc(F)c(Br)c3)[C@H]2C1. The van der Waals surface area contributed by atoms with Crippen LogP contribution >= 0.6 is 15.9 Å². The van der Waals surface area contributed by atoms with E-state index < -0.39 is 23.1 Å². The van der Waals surface area contributed by atoms with Crippen molar-refractivity contribution in [1.29, 1.82) is 21.2 Å². The highest BCUT2D eigenvalue weighted by molar-refractivity contribution is 9.10. The third kappa shape index (κ3) is 2.54. The van der Waals surface area contributed by atoms with E-state index in [0.717, 1.165) is 12.1 Å². The van der Waals surface area contributed by atoms with Gasteiger partial charge >= 0.3 is 0 Å². The second-order valence-electron chi connectivity index (χ2n) is 6.83. The van der Waals surface area contributed by atoms with Gasteiger partial charge in [0.15, 0.2) is 5.41 Å². The average Bonchev–Trinajstić information content (AvgIpc) is 2.63. The first-order chi connectivity index (χ1) is 12.4. The predicted molar refractivity (Wildman–Crippen MR) is 95.5 cm³/mol. The summed E-state index contributed by atoms with van der Waals surface area (Å²) in [5, 5.41) is 37.9. The molecule has 0 aromatic heterocycles. The largest absolute Gasteiger partial charge is 0.334 e. The fourth-order valence-corrected chi connectivity index (χ4v) is 4.53. The Morgan fingerprint density at radius 2 is 2.00 bits per heavy atom. The minimum Gasteiger partial charge on any atom is -0.334 e. The Labute approximate surface area is 159 Å². The molecule has 2 aliphatic rings. The Kier molecular flexibility index (Phi) is 4.67. The van der Waals surface area contributed by atoms with Crippen LogP contribution in [0.2, 0.25) is 0 Å². The van der Waals surface area contributed by atoms with Crippen molar-refractivity contribution in [2.24, 2.45) is 17.3 Å². The molecule has 0 spiro atoms. The van der Waals surface area contributed by atoms with Crippen LogP contribution in [0.4, 0.5) is 4.39 Å². The summed E-state index contributed by atoms with van der Waals surface area (Å²) in [4.78, 5) is 1.19. The van der Waals surface area contributed by atoms with Crippen LogP contribution in [0, 0.1) is 62.5 Å². The van der Waals surface area contributed by atoms with Crippen molar-refractivity contribution in [2.75, 3.05) is 20.1 Å². The first-order valence-electron chi connectivity index (χ1n) is 8.16. The molecule has 2 unspecified atom stereocenters. The van der Waals surface area contributed by atoms with E-state index in [1.54, 1.807) is 12.1 Å². The topological polar surface area (TPSA) is 99.7 Å². The first kappa shape index (κ1) is 18.3. The molecule has 0 bridgehead atoms. The minimum absolute atomic E-state index is 0.183. The Hall–Kier alpha value is -2.53. The molecular formula is C19H16BrFN5+. The monoisotopic (exact) mass is 412 g/mol. The Balaban J connectivity index is 2.28. The van der Waals surface area contributed by atoms with Gasteiger partial charge in [0.1, 0.15) is 11.7 Å². The summed E-state index contributed by atoms with van der Waals surface area (Å²) in [7, 11) is 2.01. The number of nitrogens with one attached hydrogen (secondary N) is 2. The quantitative estimate of drug-likeness (QED) is 0.689. The van der Waals surface area contributed by atoms with Crippen LogP contribution in [0.25, 0.3) is 0 Å². The summed E-state index contributed by atoms with van der Waals surface area (Å²) in [5.74, 6) is -2.17. The molecule has 7 heteroatoms. The molecule has 1 heterocycles. The van der Waals surface area contributed by atoms with Gasteiger partial charge in [0.05, 0.1) is 48.5 Å². The molecule has 26 heavy (non-hydrogen) atoms. The highest BCUT2D eigenvalue weighted by atomic mass is 79.9. The molecule has 3 rings (SSSR count). The zero-order chi connectivity index (χ0) is 19.1. The molecule has 0 radical (unpaired) electrons. The van der Waals surface area contributed by atoms with Gasteiger partial charge in [-0.25, -0.2) is 4.39 Å². The second-order valence-corrected chi connectivity index (χ2v) is 7.69. The predicted octanol–water partition coefficient (Wildman–Crippen LogP) is 1.95. The van der Waals surface area contributed by atoms with Gasteiger partial charge in [0, 0.05) is 11.8 Å². The number of rotatable bonds is 1. The van der Waals surface area contributed by atoms with Crippen molar-refractivity contribution in [3.63, 3.8) is 0 Å². The van der Waals surface area contributed by atoms with Gasteiger partial charge in [-0.1, -0.05) is 6.07 Å². The number of halogens is 2. The molecule has 1 aliphatic carbocycles. The molecule has 130 valence electrons. The Bertz CT molecular complexity index is 919. The molecular weight excluding hydrogens is 397 g/mol. The van der Waals surface area contributed by atoms with Crippen molar-refractivity contribution in [2.45, 2.75) is 5.92 Å². The van der Waals surface area contributed by atoms with E-state index in [0.29, 0.717) is 12.1 Å². The van der Waals surface area contributed by atoms with Gasteiger partial charge in [0.25, 0.3) is 0 Å². The van der Waals surface area contributed by atoms with Gasteiger partial charge in [-0.2, -0.15) is 15.8 Å². The number of hydrogen-bond acceptors (Lipinski definition) is 4. The number of likely N-dealkylation sites (N-methyl/N-ethyl adjacent to an activating group) is 1. The van der Waals surface area contributed by atoms with Crippen molar-refractivity contribution in [1.82, 2.24) is 0 Å².